The van der Waals surface area contributed by atoms with Crippen molar-refractivity contribution in [1.29, 1.82) is 0 Å². The molecular weight excluding hydrogens is 362 g/mol. The molecule has 4 atom stereocenters. The fourth-order valence-electron chi connectivity index (χ4n) is 3.88. The van der Waals surface area contributed by atoms with Crippen LogP contribution in [-0.2, 0) is 29.2 Å². The minimum absolute atomic E-state index is 0.197. The molecule has 1 N–H and O–H groups in total. The maximum absolute atomic E-state index is 12.7. The lowest BCUT2D eigenvalue weighted by molar-refractivity contribution is -0.163. The summed E-state index contributed by atoms with van der Waals surface area (Å²) in [7, 11) is -2.51. The molecule has 0 spiro atoms. The molecule has 2 rings (SSSR count). The maximum atomic E-state index is 12.7. The van der Waals surface area contributed by atoms with E-state index in [4.69, 9.17) is 14.0 Å². The molecular formula is C17H29NO7S. The van der Waals surface area contributed by atoms with Crippen molar-refractivity contribution in [1.82, 2.24) is 4.90 Å². The SMILES string of the molecule is CO[C@@H]1C[C@@H](CS(=O)(=O)O)CC[C@@H]1N1CC[C@H](C(=O)OC(C)(C)C)C1=O. The highest BCUT2D eigenvalue weighted by molar-refractivity contribution is 7.85. The predicted octanol–water partition coefficient (Wildman–Crippen LogP) is 1.25. The standard InChI is InChI=1S/C17H29NO7S/c1-17(2,3)25-16(20)12-7-8-18(15(12)19)13-6-5-11(9-14(13)24-4)10-26(21,22)23/h11-14H,5-10H2,1-4H3,(H,21,22,23)/t11-,12-,13-,14+/m0/s1. The number of hydrogen-bond donors (Lipinski definition) is 1. The van der Waals surface area contributed by atoms with E-state index in [1.807, 2.05) is 0 Å². The van der Waals surface area contributed by atoms with Crippen molar-refractivity contribution >= 4 is 22.0 Å². The van der Waals surface area contributed by atoms with E-state index in [0.717, 1.165) is 0 Å². The van der Waals surface area contributed by atoms with Crippen molar-refractivity contribution in [2.24, 2.45) is 11.8 Å². The average Bonchev–Trinajstić information content (AvgIpc) is 2.85. The summed E-state index contributed by atoms with van der Waals surface area (Å²) in [4.78, 5) is 26.7. The fraction of sp³-hybridized carbons (Fsp3) is 0.882. The second-order valence-electron chi connectivity index (χ2n) is 8.18. The first-order chi connectivity index (χ1) is 11.9. The Morgan fingerprint density at radius 3 is 2.46 bits per heavy atom. The molecule has 0 radical (unpaired) electrons. The summed E-state index contributed by atoms with van der Waals surface area (Å²) < 4.78 is 42.1. The summed E-state index contributed by atoms with van der Waals surface area (Å²) in [5.74, 6) is -2.04. The second kappa shape index (κ2) is 7.82. The van der Waals surface area contributed by atoms with Gasteiger partial charge in [-0.1, -0.05) is 0 Å². The number of nitrogens with zero attached hydrogens (tertiary/aromatic N) is 1. The summed E-state index contributed by atoms with van der Waals surface area (Å²) in [5, 5.41) is 0. The van der Waals surface area contributed by atoms with E-state index in [1.165, 1.54) is 7.11 Å². The largest absolute Gasteiger partial charge is 0.459 e. The molecule has 2 fully saturated rings. The highest BCUT2D eigenvalue weighted by Crippen LogP contribution is 2.34. The molecule has 150 valence electrons. The second-order valence-corrected chi connectivity index (χ2v) is 9.67. The number of methoxy groups -OCH3 is 1. The number of carbonyl (C=O) groups is 2. The van der Waals surface area contributed by atoms with Crippen LogP contribution in [0.4, 0.5) is 0 Å². The quantitative estimate of drug-likeness (QED) is 0.426. The molecule has 1 aliphatic heterocycles. The minimum atomic E-state index is -4.04. The van der Waals surface area contributed by atoms with Crippen molar-refractivity contribution < 1.29 is 32.0 Å². The highest BCUT2D eigenvalue weighted by atomic mass is 32.2. The normalized spacial score (nSPS) is 30.5. The van der Waals surface area contributed by atoms with Gasteiger partial charge in [0.2, 0.25) is 5.91 Å². The molecule has 9 heteroatoms. The van der Waals surface area contributed by atoms with Gasteiger partial charge in [0.15, 0.2) is 0 Å². The van der Waals surface area contributed by atoms with Gasteiger partial charge in [0.1, 0.15) is 11.5 Å². The molecule has 0 aromatic carbocycles. The van der Waals surface area contributed by atoms with Crippen LogP contribution in [0.15, 0.2) is 0 Å². The first-order valence-electron chi connectivity index (χ1n) is 8.92. The summed E-state index contributed by atoms with van der Waals surface area (Å²) >= 11 is 0. The fourth-order valence-corrected chi connectivity index (χ4v) is 4.78. The Labute approximate surface area is 155 Å². The third-order valence-corrected chi connectivity index (χ3v) is 5.84. The van der Waals surface area contributed by atoms with Crippen molar-refractivity contribution in [3.05, 3.63) is 0 Å². The van der Waals surface area contributed by atoms with Crippen LogP contribution < -0.4 is 0 Å². The molecule has 0 aromatic rings. The van der Waals surface area contributed by atoms with Gasteiger partial charge >= 0.3 is 5.97 Å². The van der Waals surface area contributed by atoms with Gasteiger partial charge in [0, 0.05) is 13.7 Å². The van der Waals surface area contributed by atoms with Gasteiger partial charge < -0.3 is 14.4 Å². The van der Waals surface area contributed by atoms with E-state index in [9.17, 15) is 18.0 Å². The first-order valence-corrected chi connectivity index (χ1v) is 10.5. The number of esters is 1. The zero-order valence-corrected chi connectivity index (χ0v) is 16.6. The minimum Gasteiger partial charge on any atom is -0.459 e. The van der Waals surface area contributed by atoms with Gasteiger partial charge in [-0.2, -0.15) is 8.42 Å². The number of carbonyl (C=O) groups excluding carboxylic acids is 2. The Morgan fingerprint density at radius 2 is 1.92 bits per heavy atom. The lowest BCUT2D eigenvalue weighted by Crippen LogP contribution is -2.50. The van der Waals surface area contributed by atoms with Crippen LogP contribution in [0, 0.1) is 11.8 Å². The van der Waals surface area contributed by atoms with Crippen LogP contribution in [-0.4, -0.2) is 66.9 Å². The van der Waals surface area contributed by atoms with Gasteiger partial charge in [0.05, 0.1) is 17.9 Å². The van der Waals surface area contributed by atoms with Gasteiger partial charge in [-0.15, -0.1) is 0 Å². The van der Waals surface area contributed by atoms with Crippen molar-refractivity contribution in [3.8, 4) is 0 Å². The third kappa shape index (κ3) is 5.40. The topological polar surface area (TPSA) is 110 Å². The van der Waals surface area contributed by atoms with Crippen molar-refractivity contribution in [2.75, 3.05) is 19.4 Å². The van der Waals surface area contributed by atoms with Crippen LogP contribution in [0.2, 0.25) is 0 Å². The summed E-state index contributed by atoms with van der Waals surface area (Å²) in [6.45, 7) is 5.74. The Hall–Kier alpha value is -1.19. The lowest BCUT2D eigenvalue weighted by atomic mass is 9.84. The molecule has 0 bridgehead atoms. The number of ether oxygens (including phenoxy) is 2. The van der Waals surface area contributed by atoms with E-state index in [0.29, 0.717) is 32.2 Å². The van der Waals surface area contributed by atoms with Crippen molar-refractivity contribution in [2.45, 2.75) is 64.2 Å². The Morgan fingerprint density at radius 1 is 1.27 bits per heavy atom. The number of hydrogen-bond acceptors (Lipinski definition) is 6. The van der Waals surface area contributed by atoms with Gasteiger partial charge in [-0.3, -0.25) is 14.1 Å². The summed E-state index contributed by atoms with van der Waals surface area (Å²) in [6, 6.07) is -0.197. The number of rotatable bonds is 5. The summed E-state index contributed by atoms with van der Waals surface area (Å²) in [5.41, 5.74) is -0.645. The Kier molecular flexibility index (Phi) is 6.35. The van der Waals surface area contributed by atoms with Gasteiger partial charge in [0.25, 0.3) is 10.1 Å². The predicted molar refractivity (Wildman–Crippen MR) is 94.0 cm³/mol. The van der Waals surface area contributed by atoms with E-state index in [1.54, 1.807) is 25.7 Å². The summed E-state index contributed by atoms with van der Waals surface area (Å²) in [6.07, 6.45) is 1.69. The Bertz CT molecular complexity index is 640. The third-order valence-electron chi connectivity index (χ3n) is 4.95. The van der Waals surface area contributed by atoms with Crippen LogP contribution in [0.5, 0.6) is 0 Å². The first kappa shape index (κ1) is 21.1. The molecule has 2 aliphatic rings. The molecule has 1 heterocycles. The zero-order chi connectivity index (χ0) is 19.7. The van der Waals surface area contributed by atoms with Crippen LogP contribution >= 0.6 is 0 Å². The van der Waals surface area contributed by atoms with Gasteiger partial charge in [-0.25, -0.2) is 0 Å². The highest BCUT2D eigenvalue weighted by Gasteiger charge is 2.45. The molecule has 1 saturated carbocycles. The van der Waals surface area contributed by atoms with E-state index >= 15 is 0 Å². The van der Waals surface area contributed by atoms with Crippen LogP contribution in [0.1, 0.15) is 46.5 Å². The van der Waals surface area contributed by atoms with Gasteiger partial charge in [-0.05, 0) is 52.4 Å². The van der Waals surface area contributed by atoms with E-state index in [2.05, 4.69) is 0 Å². The molecule has 0 unspecified atom stereocenters. The smallest absolute Gasteiger partial charge is 0.319 e. The lowest BCUT2D eigenvalue weighted by Gasteiger charge is -2.40. The number of amides is 1. The molecule has 1 amide bonds. The maximum Gasteiger partial charge on any atom is 0.319 e. The molecule has 0 aromatic heterocycles. The van der Waals surface area contributed by atoms with Crippen molar-refractivity contribution in [3.63, 3.8) is 0 Å². The number of likely N-dealkylation sites (tertiary alicyclic amines) is 1. The average molecular weight is 391 g/mol. The molecule has 1 saturated heterocycles. The molecule has 1 aliphatic carbocycles. The molecule has 8 nitrogen and oxygen atoms in total. The van der Waals surface area contributed by atoms with E-state index in [-0.39, 0.29) is 29.7 Å². The Balaban J connectivity index is 2.02. The zero-order valence-electron chi connectivity index (χ0n) is 15.8. The molecule has 26 heavy (non-hydrogen) atoms. The van der Waals surface area contributed by atoms with Crippen LogP contribution in [0.3, 0.4) is 0 Å². The van der Waals surface area contributed by atoms with Crippen LogP contribution in [0.25, 0.3) is 0 Å². The van der Waals surface area contributed by atoms with E-state index < -0.39 is 27.6 Å². The monoisotopic (exact) mass is 391 g/mol.